The van der Waals surface area contributed by atoms with Gasteiger partial charge in [-0.15, -0.1) is 11.3 Å². The summed E-state index contributed by atoms with van der Waals surface area (Å²) in [4.78, 5) is 13.2. The molecule has 0 atom stereocenters. The Balaban J connectivity index is 1.88. The number of ether oxygens (including phenoxy) is 1. The summed E-state index contributed by atoms with van der Waals surface area (Å²) in [6.07, 6.45) is 0. The maximum atomic E-state index is 12.9. The van der Waals surface area contributed by atoms with Crippen LogP contribution in [0, 0.1) is 13.8 Å². The van der Waals surface area contributed by atoms with Crippen molar-refractivity contribution in [3.8, 4) is 0 Å². The van der Waals surface area contributed by atoms with Gasteiger partial charge >= 0.3 is 0 Å². The van der Waals surface area contributed by atoms with Gasteiger partial charge in [-0.3, -0.25) is 4.79 Å². The second kappa shape index (κ2) is 7.25. The molecule has 8 heteroatoms. The van der Waals surface area contributed by atoms with E-state index in [0.717, 1.165) is 5.56 Å². The Labute approximate surface area is 151 Å². The largest absolute Gasteiger partial charge is 0.379 e. The molecule has 0 spiro atoms. The van der Waals surface area contributed by atoms with Crippen molar-refractivity contribution in [2.75, 3.05) is 31.6 Å². The minimum absolute atomic E-state index is 0.218. The van der Waals surface area contributed by atoms with Crippen molar-refractivity contribution in [3.05, 3.63) is 45.6 Å². The molecule has 1 saturated heterocycles. The van der Waals surface area contributed by atoms with E-state index in [1.165, 1.54) is 21.7 Å². The third kappa shape index (κ3) is 3.77. The maximum Gasteiger partial charge on any atom is 0.265 e. The van der Waals surface area contributed by atoms with E-state index in [-0.39, 0.29) is 10.8 Å². The van der Waals surface area contributed by atoms with E-state index in [1.54, 1.807) is 19.1 Å². The molecule has 1 aromatic carbocycles. The van der Waals surface area contributed by atoms with Crippen LogP contribution in [-0.2, 0) is 14.8 Å². The highest BCUT2D eigenvalue weighted by Crippen LogP contribution is 2.25. The van der Waals surface area contributed by atoms with Crippen molar-refractivity contribution >= 4 is 33.0 Å². The van der Waals surface area contributed by atoms with Gasteiger partial charge in [-0.1, -0.05) is 6.07 Å². The number of nitrogens with one attached hydrogen (secondary N) is 1. The fourth-order valence-electron chi connectivity index (χ4n) is 2.68. The highest BCUT2D eigenvalue weighted by atomic mass is 32.2. The van der Waals surface area contributed by atoms with Crippen LogP contribution in [0.15, 0.2) is 34.5 Å². The number of rotatable bonds is 4. The van der Waals surface area contributed by atoms with Gasteiger partial charge in [0.15, 0.2) is 0 Å². The summed E-state index contributed by atoms with van der Waals surface area (Å²) in [6.45, 7) is 5.09. The third-order valence-electron chi connectivity index (χ3n) is 4.10. The predicted octanol–water partition coefficient (Wildman–Crippen LogP) is 2.64. The molecular formula is C17H20N2O4S2. The number of amides is 1. The minimum Gasteiger partial charge on any atom is -0.379 e. The van der Waals surface area contributed by atoms with Crippen LogP contribution in [0.25, 0.3) is 0 Å². The molecule has 25 heavy (non-hydrogen) atoms. The Kier molecular flexibility index (Phi) is 5.24. The molecule has 1 aromatic heterocycles. The molecule has 0 saturated carbocycles. The van der Waals surface area contributed by atoms with E-state index in [4.69, 9.17) is 4.74 Å². The fourth-order valence-corrected chi connectivity index (χ4v) is 5.15. The number of sulfonamides is 1. The van der Waals surface area contributed by atoms with Gasteiger partial charge in [-0.05, 0) is 48.6 Å². The van der Waals surface area contributed by atoms with Gasteiger partial charge in [0, 0.05) is 18.8 Å². The lowest BCUT2D eigenvalue weighted by Crippen LogP contribution is -2.40. The van der Waals surface area contributed by atoms with Gasteiger partial charge in [0.25, 0.3) is 5.91 Å². The number of carbonyl (C=O) groups excluding carboxylic acids is 1. The maximum absolute atomic E-state index is 12.9. The number of hydrogen-bond donors (Lipinski definition) is 1. The van der Waals surface area contributed by atoms with Gasteiger partial charge in [-0.25, -0.2) is 8.42 Å². The van der Waals surface area contributed by atoms with Crippen LogP contribution in [0.1, 0.15) is 20.8 Å². The topological polar surface area (TPSA) is 75.7 Å². The molecule has 0 unspecified atom stereocenters. The SMILES string of the molecule is Cc1ccc(NC(=O)c2sccc2C)cc1S(=O)(=O)N1CCOCC1. The molecule has 6 nitrogen and oxygen atoms in total. The number of carbonyl (C=O) groups is 1. The molecule has 0 aliphatic carbocycles. The van der Waals surface area contributed by atoms with Gasteiger partial charge in [0.05, 0.1) is 23.0 Å². The smallest absolute Gasteiger partial charge is 0.265 e. The van der Waals surface area contributed by atoms with E-state index < -0.39 is 10.0 Å². The number of aryl methyl sites for hydroxylation is 2. The van der Waals surface area contributed by atoms with Crippen LogP contribution in [0.4, 0.5) is 5.69 Å². The zero-order chi connectivity index (χ0) is 18.0. The van der Waals surface area contributed by atoms with Gasteiger partial charge in [-0.2, -0.15) is 4.31 Å². The van der Waals surface area contributed by atoms with Gasteiger partial charge in [0.2, 0.25) is 10.0 Å². The van der Waals surface area contributed by atoms with Crippen molar-refractivity contribution in [2.45, 2.75) is 18.7 Å². The quantitative estimate of drug-likeness (QED) is 0.885. The summed E-state index contributed by atoms with van der Waals surface area (Å²) in [5.41, 5.74) is 2.02. The molecule has 2 aromatic rings. The second-order valence-electron chi connectivity index (χ2n) is 5.88. The summed E-state index contributed by atoms with van der Waals surface area (Å²) in [6, 6.07) is 6.84. The molecule has 134 valence electrons. The molecule has 1 amide bonds. The van der Waals surface area contributed by atoms with Crippen LogP contribution in [0.2, 0.25) is 0 Å². The average Bonchev–Trinajstić information content (AvgIpc) is 3.03. The van der Waals surface area contributed by atoms with Crippen LogP contribution >= 0.6 is 11.3 Å². The summed E-state index contributed by atoms with van der Waals surface area (Å²) in [5.74, 6) is -0.230. The number of benzene rings is 1. The standard InChI is InChI=1S/C17H20N2O4S2/c1-12-3-4-14(18-17(20)16-13(2)5-10-24-16)11-15(12)25(21,22)19-6-8-23-9-7-19/h3-5,10-11H,6-9H2,1-2H3,(H,18,20). The highest BCUT2D eigenvalue weighted by molar-refractivity contribution is 7.89. The molecule has 0 bridgehead atoms. The van der Waals surface area contributed by atoms with E-state index >= 15 is 0 Å². The van der Waals surface area contributed by atoms with Crippen molar-refractivity contribution in [3.63, 3.8) is 0 Å². The first kappa shape index (κ1) is 18.1. The van der Waals surface area contributed by atoms with Crippen LogP contribution in [0.3, 0.4) is 0 Å². The lowest BCUT2D eigenvalue weighted by molar-refractivity contribution is 0.0730. The first-order chi connectivity index (χ1) is 11.9. The number of nitrogens with zero attached hydrogens (tertiary/aromatic N) is 1. The van der Waals surface area contributed by atoms with Crippen molar-refractivity contribution in [1.82, 2.24) is 4.31 Å². The summed E-state index contributed by atoms with van der Waals surface area (Å²) >= 11 is 1.36. The number of hydrogen-bond acceptors (Lipinski definition) is 5. The van der Waals surface area contributed by atoms with Crippen molar-refractivity contribution in [1.29, 1.82) is 0 Å². The van der Waals surface area contributed by atoms with Crippen LogP contribution in [0.5, 0.6) is 0 Å². The van der Waals surface area contributed by atoms with Crippen molar-refractivity contribution < 1.29 is 17.9 Å². The Morgan fingerprint density at radius 3 is 2.52 bits per heavy atom. The van der Waals surface area contributed by atoms with E-state index in [0.29, 0.717) is 42.4 Å². The van der Waals surface area contributed by atoms with Gasteiger partial charge in [0.1, 0.15) is 0 Å². The molecule has 1 N–H and O–H groups in total. The zero-order valence-corrected chi connectivity index (χ0v) is 15.7. The fraction of sp³-hybridized carbons (Fsp3) is 0.353. The molecule has 2 heterocycles. The average molecular weight is 380 g/mol. The number of thiophene rings is 1. The van der Waals surface area contributed by atoms with Crippen LogP contribution < -0.4 is 5.32 Å². The van der Waals surface area contributed by atoms with E-state index in [2.05, 4.69) is 5.32 Å². The summed E-state index contributed by atoms with van der Waals surface area (Å²) < 4.78 is 32.4. The highest BCUT2D eigenvalue weighted by Gasteiger charge is 2.28. The van der Waals surface area contributed by atoms with Gasteiger partial charge < -0.3 is 10.1 Å². The van der Waals surface area contributed by atoms with Crippen LogP contribution in [-0.4, -0.2) is 44.9 Å². The molecule has 3 rings (SSSR count). The lowest BCUT2D eigenvalue weighted by Gasteiger charge is -2.26. The Morgan fingerprint density at radius 1 is 1.16 bits per heavy atom. The summed E-state index contributed by atoms with van der Waals surface area (Å²) in [7, 11) is -3.61. The minimum atomic E-state index is -3.61. The Morgan fingerprint density at radius 2 is 1.88 bits per heavy atom. The third-order valence-corrected chi connectivity index (χ3v) is 7.16. The lowest BCUT2D eigenvalue weighted by atomic mass is 10.2. The number of morpholine rings is 1. The van der Waals surface area contributed by atoms with E-state index in [9.17, 15) is 13.2 Å². The monoisotopic (exact) mass is 380 g/mol. The van der Waals surface area contributed by atoms with E-state index in [1.807, 2.05) is 18.4 Å². The number of anilines is 1. The molecule has 1 fully saturated rings. The predicted molar refractivity (Wildman–Crippen MR) is 97.8 cm³/mol. The molecule has 1 aliphatic rings. The summed E-state index contributed by atoms with van der Waals surface area (Å²) in [5, 5.41) is 4.65. The zero-order valence-electron chi connectivity index (χ0n) is 14.1. The first-order valence-electron chi connectivity index (χ1n) is 7.93. The Bertz CT molecular complexity index is 884. The van der Waals surface area contributed by atoms with Crippen molar-refractivity contribution in [2.24, 2.45) is 0 Å². The second-order valence-corrected chi connectivity index (χ2v) is 8.71. The normalized spacial score (nSPS) is 15.9. The molecule has 1 aliphatic heterocycles. The molecular weight excluding hydrogens is 360 g/mol. The first-order valence-corrected chi connectivity index (χ1v) is 10.3. The molecule has 0 radical (unpaired) electrons. The Hall–Kier alpha value is -1.74.